The number of guanidine groups is 1. The lowest BCUT2D eigenvalue weighted by molar-refractivity contribution is 0.854. The summed E-state index contributed by atoms with van der Waals surface area (Å²) in [7, 11) is 0. The predicted octanol–water partition coefficient (Wildman–Crippen LogP) is 2.25. The minimum atomic E-state index is 0.542. The lowest BCUT2D eigenvalue weighted by atomic mass is 9.96. The van der Waals surface area contributed by atoms with Crippen LogP contribution in [0.15, 0.2) is 23.2 Å². The number of aliphatic imine (C=N–C) groups is 1. The molecule has 0 atom stereocenters. The van der Waals surface area contributed by atoms with Crippen LogP contribution in [0.2, 0.25) is 0 Å². The zero-order valence-corrected chi connectivity index (χ0v) is 10.2. The van der Waals surface area contributed by atoms with Crippen LogP contribution in [0.3, 0.4) is 0 Å². The second-order valence-electron chi connectivity index (χ2n) is 4.54. The van der Waals surface area contributed by atoms with E-state index in [-0.39, 0.29) is 0 Å². The van der Waals surface area contributed by atoms with Crippen molar-refractivity contribution in [1.82, 2.24) is 0 Å². The van der Waals surface area contributed by atoms with Crippen molar-refractivity contribution in [2.45, 2.75) is 26.7 Å². The molecule has 0 saturated carbocycles. The topological polar surface area (TPSA) is 41.6 Å². The maximum Gasteiger partial charge on any atom is 0.195 e. The summed E-state index contributed by atoms with van der Waals surface area (Å²) in [5.41, 5.74) is 9.78. The highest BCUT2D eigenvalue weighted by Gasteiger charge is 2.18. The summed E-state index contributed by atoms with van der Waals surface area (Å²) in [6.45, 7) is 8.29. The van der Waals surface area contributed by atoms with Crippen LogP contribution in [0.5, 0.6) is 0 Å². The van der Waals surface area contributed by atoms with Crippen molar-refractivity contribution in [3.8, 4) is 0 Å². The second kappa shape index (κ2) is 4.16. The van der Waals surface area contributed by atoms with Gasteiger partial charge in [-0.3, -0.25) is 4.99 Å². The molecule has 3 heteroatoms. The highest BCUT2D eigenvalue weighted by Crippen LogP contribution is 2.28. The number of anilines is 1. The Morgan fingerprint density at radius 2 is 2.12 bits per heavy atom. The minimum absolute atomic E-state index is 0.542. The summed E-state index contributed by atoms with van der Waals surface area (Å²) in [4.78, 5) is 6.33. The molecule has 0 amide bonds. The molecule has 2 N–H and O–H groups in total. The zero-order valence-electron chi connectivity index (χ0n) is 10.2. The largest absolute Gasteiger partial charge is 0.370 e. The van der Waals surface area contributed by atoms with Crippen LogP contribution in [-0.2, 0) is 0 Å². The molecule has 2 rings (SSSR count). The first kappa shape index (κ1) is 11.0. The van der Waals surface area contributed by atoms with Crippen molar-refractivity contribution in [2.24, 2.45) is 10.7 Å². The van der Waals surface area contributed by atoms with Crippen LogP contribution in [0, 0.1) is 6.92 Å². The van der Waals surface area contributed by atoms with E-state index < -0.39 is 0 Å². The molecule has 1 aromatic carbocycles. The SMILES string of the molecule is Cc1c(C(C)C)cccc1N1CCN=C1N. The molecule has 16 heavy (non-hydrogen) atoms. The number of benzene rings is 1. The van der Waals surface area contributed by atoms with Gasteiger partial charge in [0.1, 0.15) is 0 Å². The van der Waals surface area contributed by atoms with E-state index in [2.05, 4.69) is 48.9 Å². The van der Waals surface area contributed by atoms with Crippen molar-refractivity contribution in [1.29, 1.82) is 0 Å². The molecule has 0 radical (unpaired) electrons. The monoisotopic (exact) mass is 217 g/mol. The van der Waals surface area contributed by atoms with E-state index in [1.165, 1.54) is 16.8 Å². The molecule has 1 aliphatic heterocycles. The molecule has 1 aromatic rings. The summed E-state index contributed by atoms with van der Waals surface area (Å²) in [6, 6.07) is 6.41. The molecule has 1 heterocycles. The van der Waals surface area contributed by atoms with Crippen LogP contribution in [0.4, 0.5) is 5.69 Å². The molecule has 3 nitrogen and oxygen atoms in total. The summed E-state index contributed by atoms with van der Waals surface area (Å²) in [5, 5.41) is 0. The highest BCUT2D eigenvalue weighted by atomic mass is 15.3. The number of rotatable bonds is 2. The number of hydrogen-bond acceptors (Lipinski definition) is 3. The first-order chi connectivity index (χ1) is 7.61. The average molecular weight is 217 g/mol. The van der Waals surface area contributed by atoms with Gasteiger partial charge in [0, 0.05) is 12.2 Å². The second-order valence-corrected chi connectivity index (χ2v) is 4.54. The maximum atomic E-state index is 5.88. The summed E-state index contributed by atoms with van der Waals surface area (Å²) >= 11 is 0. The van der Waals surface area contributed by atoms with Crippen LogP contribution >= 0.6 is 0 Å². The Hall–Kier alpha value is -1.51. The lowest BCUT2D eigenvalue weighted by Gasteiger charge is -2.22. The predicted molar refractivity (Wildman–Crippen MR) is 69.1 cm³/mol. The fraction of sp³-hybridized carbons (Fsp3) is 0.462. The molecule has 86 valence electrons. The molecular formula is C13H19N3. The summed E-state index contributed by atoms with van der Waals surface area (Å²) < 4.78 is 0. The van der Waals surface area contributed by atoms with E-state index in [0.717, 1.165) is 13.1 Å². The first-order valence-corrected chi connectivity index (χ1v) is 5.78. The van der Waals surface area contributed by atoms with Gasteiger partial charge in [-0.1, -0.05) is 26.0 Å². The highest BCUT2D eigenvalue weighted by molar-refractivity contribution is 5.97. The standard InChI is InChI=1S/C13H19N3/c1-9(2)11-5-4-6-12(10(11)3)16-8-7-15-13(16)14/h4-6,9H,7-8H2,1-3H3,(H2,14,15). The fourth-order valence-corrected chi connectivity index (χ4v) is 2.27. The maximum absolute atomic E-state index is 5.88. The van der Waals surface area contributed by atoms with Gasteiger partial charge >= 0.3 is 0 Å². The molecular weight excluding hydrogens is 198 g/mol. The summed E-state index contributed by atoms with van der Waals surface area (Å²) in [5.74, 6) is 1.18. The van der Waals surface area contributed by atoms with Gasteiger partial charge in [0.05, 0.1) is 6.54 Å². The minimum Gasteiger partial charge on any atom is -0.370 e. The Bertz CT molecular complexity index is 421. The lowest BCUT2D eigenvalue weighted by Crippen LogP contribution is -2.34. The Labute approximate surface area is 97.0 Å². The quantitative estimate of drug-likeness (QED) is 0.825. The van der Waals surface area contributed by atoms with Crippen LogP contribution < -0.4 is 10.6 Å². The molecule has 0 unspecified atom stereocenters. The molecule has 1 aliphatic rings. The Balaban J connectivity index is 2.42. The molecule has 0 fully saturated rings. The molecule has 0 bridgehead atoms. The van der Waals surface area contributed by atoms with Crippen molar-refractivity contribution in [3.05, 3.63) is 29.3 Å². The van der Waals surface area contributed by atoms with E-state index >= 15 is 0 Å². The first-order valence-electron chi connectivity index (χ1n) is 5.78. The fourth-order valence-electron chi connectivity index (χ4n) is 2.27. The third kappa shape index (κ3) is 1.77. The third-order valence-corrected chi connectivity index (χ3v) is 3.13. The van der Waals surface area contributed by atoms with E-state index in [1.807, 2.05) is 0 Å². The van der Waals surface area contributed by atoms with Gasteiger partial charge in [-0.2, -0.15) is 0 Å². The number of hydrogen-bond donors (Lipinski definition) is 1. The van der Waals surface area contributed by atoms with Crippen LogP contribution in [0.1, 0.15) is 30.9 Å². The molecule has 0 spiro atoms. The number of nitrogens with zero attached hydrogens (tertiary/aromatic N) is 2. The Morgan fingerprint density at radius 1 is 1.38 bits per heavy atom. The molecule has 0 aromatic heterocycles. The Morgan fingerprint density at radius 3 is 2.69 bits per heavy atom. The van der Waals surface area contributed by atoms with Gasteiger partial charge < -0.3 is 10.6 Å². The van der Waals surface area contributed by atoms with Gasteiger partial charge in [-0.15, -0.1) is 0 Å². The smallest absolute Gasteiger partial charge is 0.195 e. The zero-order chi connectivity index (χ0) is 11.7. The van der Waals surface area contributed by atoms with Crippen LogP contribution in [0.25, 0.3) is 0 Å². The van der Waals surface area contributed by atoms with Gasteiger partial charge in [-0.25, -0.2) is 0 Å². The van der Waals surface area contributed by atoms with Crippen LogP contribution in [-0.4, -0.2) is 19.0 Å². The van der Waals surface area contributed by atoms with Gasteiger partial charge in [-0.05, 0) is 30.0 Å². The van der Waals surface area contributed by atoms with Gasteiger partial charge in [0.2, 0.25) is 0 Å². The average Bonchev–Trinajstić information content (AvgIpc) is 2.64. The van der Waals surface area contributed by atoms with Crippen molar-refractivity contribution >= 4 is 11.6 Å². The van der Waals surface area contributed by atoms with Crippen molar-refractivity contribution < 1.29 is 0 Å². The number of nitrogens with two attached hydrogens (primary N) is 1. The van der Waals surface area contributed by atoms with Gasteiger partial charge in [0.25, 0.3) is 0 Å². The Kier molecular flexibility index (Phi) is 2.86. The van der Waals surface area contributed by atoms with E-state index in [9.17, 15) is 0 Å². The molecule has 0 aliphatic carbocycles. The summed E-state index contributed by atoms with van der Waals surface area (Å²) in [6.07, 6.45) is 0. The van der Waals surface area contributed by atoms with Crippen molar-refractivity contribution in [3.63, 3.8) is 0 Å². The van der Waals surface area contributed by atoms with Gasteiger partial charge in [0.15, 0.2) is 5.96 Å². The van der Waals surface area contributed by atoms with E-state index in [1.54, 1.807) is 0 Å². The van der Waals surface area contributed by atoms with Crippen molar-refractivity contribution in [2.75, 3.05) is 18.0 Å². The normalized spacial score (nSPS) is 15.8. The third-order valence-electron chi connectivity index (χ3n) is 3.13. The van der Waals surface area contributed by atoms with E-state index in [0.29, 0.717) is 11.9 Å². The van der Waals surface area contributed by atoms with E-state index in [4.69, 9.17) is 5.73 Å². The molecule has 0 saturated heterocycles.